The van der Waals surface area contributed by atoms with Crippen molar-refractivity contribution in [3.05, 3.63) is 76.0 Å². The molecule has 0 atom stereocenters. The maximum absolute atomic E-state index is 13.3. The number of hydrogen-bond donors (Lipinski definition) is 0. The van der Waals surface area contributed by atoms with Crippen LogP contribution < -0.4 is 0 Å². The van der Waals surface area contributed by atoms with Crippen LogP contribution in [-0.2, 0) is 24.4 Å². The third-order valence-corrected chi connectivity index (χ3v) is 6.15. The van der Waals surface area contributed by atoms with E-state index in [0.29, 0.717) is 50.8 Å². The van der Waals surface area contributed by atoms with E-state index in [4.69, 9.17) is 4.74 Å². The molecule has 0 saturated carbocycles. The van der Waals surface area contributed by atoms with E-state index in [0.717, 1.165) is 16.9 Å². The van der Waals surface area contributed by atoms with Gasteiger partial charge in [-0.05, 0) is 23.4 Å². The summed E-state index contributed by atoms with van der Waals surface area (Å²) in [6, 6.07) is 13.9. The van der Waals surface area contributed by atoms with Gasteiger partial charge in [0, 0.05) is 51.0 Å². The Bertz CT molecular complexity index is 1020. The van der Waals surface area contributed by atoms with Gasteiger partial charge in [0.15, 0.2) is 5.82 Å². The molecule has 7 nitrogen and oxygen atoms in total. The van der Waals surface area contributed by atoms with Gasteiger partial charge in [-0.1, -0.05) is 36.4 Å². The number of methoxy groups -OCH3 is 1. The van der Waals surface area contributed by atoms with Crippen LogP contribution in [0.1, 0.15) is 38.0 Å². The fourth-order valence-corrected chi connectivity index (χ4v) is 4.41. The van der Waals surface area contributed by atoms with E-state index in [1.807, 2.05) is 47.8 Å². The molecule has 3 aromatic rings. The van der Waals surface area contributed by atoms with E-state index >= 15 is 0 Å². The van der Waals surface area contributed by atoms with Crippen molar-refractivity contribution in [2.45, 2.75) is 26.1 Å². The fourth-order valence-electron chi connectivity index (χ4n) is 3.69. The molecule has 1 aliphatic rings. The van der Waals surface area contributed by atoms with Crippen LogP contribution in [0.5, 0.6) is 0 Å². The van der Waals surface area contributed by atoms with Crippen LogP contribution in [0.15, 0.2) is 54.0 Å². The van der Waals surface area contributed by atoms with Gasteiger partial charge >= 0.3 is 0 Å². The normalized spacial score (nSPS) is 13.3. The molecule has 1 aromatic carbocycles. The minimum Gasteiger partial charge on any atom is -0.385 e. The first-order chi connectivity index (χ1) is 15.2. The fraction of sp³-hybridized carbons (Fsp3) is 0.348. The smallest absolute Gasteiger partial charge is 0.290 e. The first-order valence-electron chi connectivity index (χ1n) is 10.4. The molecule has 1 aliphatic heterocycles. The molecule has 2 aromatic heterocycles. The monoisotopic (exact) mass is 438 g/mol. The van der Waals surface area contributed by atoms with Crippen molar-refractivity contribution in [1.82, 2.24) is 19.4 Å². The highest BCUT2D eigenvalue weighted by Gasteiger charge is 2.29. The number of imidazole rings is 1. The molecule has 2 amide bonds. The van der Waals surface area contributed by atoms with Gasteiger partial charge in [-0.3, -0.25) is 9.59 Å². The molecule has 3 heterocycles. The van der Waals surface area contributed by atoms with Gasteiger partial charge < -0.3 is 19.1 Å². The number of carbonyl (C=O) groups excluding carboxylic acids is 2. The highest BCUT2D eigenvalue weighted by atomic mass is 32.1. The molecule has 31 heavy (non-hydrogen) atoms. The summed E-state index contributed by atoms with van der Waals surface area (Å²) in [7, 11) is 1.65. The second-order valence-corrected chi connectivity index (χ2v) is 8.54. The Labute approximate surface area is 185 Å². The van der Waals surface area contributed by atoms with E-state index in [1.54, 1.807) is 39.0 Å². The molecule has 0 fully saturated rings. The number of rotatable bonds is 9. The average Bonchev–Trinajstić information content (AvgIpc) is 3.46. The van der Waals surface area contributed by atoms with Crippen molar-refractivity contribution < 1.29 is 14.3 Å². The van der Waals surface area contributed by atoms with E-state index in [2.05, 4.69) is 4.98 Å². The highest BCUT2D eigenvalue weighted by molar-refractivity contribution is 7.09. The maximum atomic E-state index is 13.3. The molecule has 0 N–H and O–H groups in total. The van der Waals surface area contributed by atoms with Crippen molar-refractivity contribution >= 4 is 23.2 Å². The van der Waals surface area contributed by atoms with E-state index in [1.165, 1.54) is 0 Å². The summed E-state index contributed by atoms with van der Waals surface area (Å²) in [5, 5.41) is 2.00. The highest BCUT2D eigenvalue weighted by Crippen LogP contribution is 2.19. The first-order valence-corrected chi connectivity index (χ1v) is 11.2. The number of benzene rings is 1. The van der Waals surface area contributed by atoms with Crippen LogP contribution >= 0.6 is 11.3 Å². The second-order valence-electron chi connectivity index (χ2n) is 7.51. The van der Waals surface area contributed by atoms with Gasteiger partial charge in [0.2, 0.25) is 0 Å². The Morgan fingerprint density at radius 3 is 2.77 bits per heavy atom. The zero-order valence-corrected chi connectivity index (χ0v) is 18.4. The lowest BCUT2D eigenvalue weighted by molar-refractivity contribution is 0.0683. The number of aromatic nitrogens is 2. The zero-order chi connectivity index (χ0) is 21.6. The van der Waals surface area contributed by atoms with Crippen molar-refractivity contribution in [3.63, 3.8) is 0 Å². The molecule has 0 radical (unpaired) electrons. The summed E-state index contributed by atoms with van der Waals surface area (Å²) < 4.78 is 6.95. The lowest BCUT2D eigenvalue weighted by Gasteiger charge is -2.27. The molecule has 0 unspecified atom stereocenters. The van der Waals surface area contributed by atoms with Crippen molar-refractivity contribution in [3.8, 4) is 0 Å². The molecular weight excluding hydrogens is 412 g/mol. The number of thiophene rings is 1. The lowest BCUT2D eigenvalue weighted by Crippen LogP contribution is -2.39. The van der Waals surface area contributed by atoms with Crippen LogP contribution in [-0.4, -0.2) is 58.0 Å². The largest absolute Gasteiger partial charge is 0.385 e. The number of hydrogen-bond acceptors (Lipinski definition) is 5. The van der Waals surface area contributed by atoms with Crippen LogP contribution in [0.3, 0.4) is 0 Å². The molecule has 8 heteroatoms. The van der Waals surface area contributed by atoms with Gasteiger partial charge in [0.1, 0.15) is 5.69 Å². The van der Waals surface area contributed by atoms with Gasteiger partial charge in [-0.2, -0.15) is 0 Å². The van der Waals surface area contributed by atoms with Gasteiger partial charge in [-0.25, -0.2) is 4.98 Å². The van der Waals surface area contributed by atoms with Gasteiger partial charge in [0.25, 0.3) is 11.8 Å². The minimum atomic E-state index is -0.159. The standard InChI is InChI=1S/C23H26N4O3S/c1-30-13-6-10-26(16-19-9-5-14-31-19)22(28)20-17-25-11-12-27(23(29)21(25)24-20)15-18-7-3-2-4-8-18/h2-5,7-9,14,17H,6,10-13,15-16H2,1H3. The predicted octanol–water partition coefficient (Wildman–Crippen LogP) is 3.28. The molecule has 0 bridgehead atoms. The predicted molar refractivity (Wildman–Crippen MR) is 119 cm³/mol. The van der Waals surface area contributed by atoms with Gasteiger partial charge in [-0.15, -0.1) is 11.3 Å². The maximum Gasteiger partial charge on any atom is 0.290 e. The Morgan fingerprint density at radius 2 is 2.03 bits per heavy atom. The quantitative estimate of drug-likeness (QED) is 0.481. The third kappa shape index (κ3) is 5.03. The Hall–Kier alpha value is -2.97. The second kappa shape index (κ2) is 9.89. The van der Waals surface area contributed by atoms with Crippen LogP contribution in [0, 0.1) is 0 Å². The molecular formula is C23H26N4O3S. The van der Waals surface area contributed by atoms with E-state index in [-0.39, 0.29) is 11.8 Å². The molecule has 0 aliphatic carbocycles. The summed E-state index contributed by atoms with van der Waals surface area (Å²) in [5.74, 6) is 0.0330. The minimum absolute atomic E-state index is 0.140. The number of nitrogens with zero attached hydrogens (tertiary/aromatic N) is 4. The van der Waals surface area contributed by atoms with Gasteiger partial charge in [0.05, 0.1) is 6.54 Å². The summed E-state index contributed by atoms with van der Waals surface area (Å²) in [4.78, 5) is 35.4. The summed E-state index contributed by atoms with van der Waals surface area (Å²) in [6.45, 7) is 3.44. The zero-order valence-electron chi connectivity index (χ0n) is 17.6. The summed E-state index contributed by atoms with van der Waals surface area (Å²) in [6.07, 6.45) is 2.46. The topological polar surface area (TPSA) is 67.7 Å². The van der Waals surface area contributed by atoms with Crippen LogP contribution in [0.4, 0.5) is 0 Å². The number of carbonyl (C=O) groups is 2. The van der Waals surface area contributed by atoms with Crippen LogP contribution in [0.25, 0.3) is 0 Å². The number of amides is 2. The molecule has 162 valence electrons. The number of ether oxygens (including phenoxy) is 1. The Kier molecular flexibility index (Phi) is 6.79. The van der Waals surface area contributed by atoms with Crippen molar-refractivity contribution in [2.75, 3.05) is 26.8 Å². The lowest BCUT2D eigenvalue weighted by atomic mass is 10.2. The van der Waals surface area contributed by atoms with E-state index < -0.39 is 0 Å². The van der Waals surface area contributed by atoms with Crippen molar-refractivity contribution in [1.29, 1.82) is 0 Å². The molecule has 4 rings (SSSR count). The number of fused-ring (bicyclic) bond motifs is 1. The summed E-state index contributed by atoms with van der Waals surface area (Å²) >= 11 is 1.62. The molecule has 0 saturated heterocycles. The first kappa shape index (κ1) is 21.3. The third-order valence-electron chi connectivity index (χ3n) is 5.29. The SMILES string of the molecule is COCCCN(Cc1cccs1)C(=O)c1cn2c(n1)C(=O)N(Cc1ccccc1)CC2. The van der Waals surface area contributed by atoms with Crippen molar-refractivity contribution in [2.24, 2.45) is 0 Å². The Morgan fingerprint density at radius 1 is 1.19 bits per heavy atom. The molecule has 0 spiro atoms. The van der Waals surface area contributed by atoms with E-state index in [9.17, 15) is 9.59 Å². The Balaban J connectivity index is 1.50. The van der Waals surface area contributed by atoms with Crippen LogP contribution in [0.2, 0.25) is 0 Å². The summed E-state index contributed by atoms with van der Waals surface area (Å²) in [5.41, 5.74) is 1.39. The average molecular weight is 439 g/mol.